The van der Waals surface area contributed by atoms with Crippen LogP contribution in [0.3, 0.4) is 0 Å². The number of halogens is 1. The molecule has 29 heavy (non-hydrogen) atoms. The lowest BCUT2D eigenvalue weighted by molar-refractivity contribution is -0.659. The number of furan rings is 1. The molecule has 0 fully saturated rings. The molecule has 3 heteroatoms. The zero-order valence-corrected chi connectivity index (χ0v) is 16.7. The number of nitrogens with zero attached hydrogens (tertiary/aromatic N) is 1. The molecule has 0 saturated heterocycles. The van der Waals surface area contributed by atoms with E-state index in [1.807, 2.05) is 0 Å². The second kappa shape index (κ2) is 6.56. The fraction of sp³-hybridized carbons (Fsp3) is 0.115. The van der Waals surface area contributed by atoms with Gasteiger partial charge in [0.1, 0.15) is 24.0 Å². The highest BCUT2D eigenvalue weighted by molar-refractivity contribution is 6.09. The first-order valence-corrected chi connectivity index (χ1v) is 9.70. The van der Waals surface area contributed by atoms with Gasteiger partial charge in [0.05, 0.1) is 5.56 Å². The highest BCUT2D eigenvalue weighted by Crippen LogP contribution is 2.37. The van der Waals surface area contributed by atoms with Crippen LogP contribution in [0.15, 0.2) is 77.3 Å². The Bertz CT molecular complexity index is 1400. The molecule has 0 spiro atoms. The minimum Gasteiger partial charge on any atom is -0.455 e. The van der Waals surface area contributed by atoms with E-state index >= 15 is 0 Å². The summed E-state index contributed by atoms with van der Waals surface area (Å²) in [5.74, 6) is -0.289. The second-order valence-electron chi connectivity index (χ2n) is 7.61. The first-order chi connectivity index (χ1) is 14.0. The molecule has 0 unspecified atom stereocenters. The second-order valence-corrected chi connectivity index (χ2v) is 7.61. The number of aryl methyl sites for hydroxylation is 3. The molecule has 0 aliphatic carbocycles. The van der Waals surface area contributed by atoms with E-state index in [0.29, 0.717) is 5.58 Å². The Morgan fingerprint density at radius 3 is 2.41 bits per heavy atom. The van der Waals surface area contributed by atoms with Crippen molar-refractivity contribution in [3.8, 4) is 22.4 Å². The number of fused-ring (bicyclic) bond motifs is 3. The Morgan fingerprint density at radius 2 is 1.62 bits per heavy atom. The third-order valence-corrected chi connectivity index (χ3v) is 5.66. The van der Waals surface area contributed by atoms with Gasteiger partial charge in [0, 0.05) is 28.5 Å². The first kappa shape index (κ1) is 17.6. The molecule has 0 bridgehead atoms. The van der Waals surface area contributed by atoms with E-state index < -0.39 is 0 Å². The van der Waals surface area contributed by atoms with Crippen LogP contribution in [-0.4, -0.2) is 0 Å². The van der Waals surface area contributed by atoms with Crippen molar-refractivity contribution < 1.29 is 13.4 Å². The normalized spacial score (nSPS) is 11.4. The summed E-state index contributed by atoms with van der Waals surface area (Å²) in [6.07, 6.45) is 2.15. The molecule has 0 saturated carbocycles. The Morgan fingerprint density at radius 1 is 0.828 bits per heavy atom. The van der Waals surface area contributed by atoms with Gasteiger partial charge in [-0.15, -0.1) is 0 Å². The van der Waals surface area contributed by atoms with Crippen molar-refractivity contribution in [1.29, 1.82) is 0 Å². The van der Waals surface area contributed by atoms with Crippen molar-refractivity contribution in [1.82, 2.24) is 0 Å². The highest BCUT2D eigenvalue weighted by Gasteiger charge is 2.21. The smallest absolute Gasteiger partial charge is 0.216 e. The van der Waals surface area contributed by atoms with Crippen LogP contribution in [0.25, 0.3) is 44.3 Å². The number of hydrogen-bond donors (Lipinski definition) is 0. The summed E-state index contributed by atoms with van der Waals surface area (Å²) < 4.78 is 22.0. The van der Waals surface area contributed by atoms with Crippen molar-refractivity contribution in [2.45, 2.75) is 13.8 Å². The van der Waals surface area contributed by atoms with E-state index in [1.165, 1.54) is 28.8 Å². The maximum Gasteiger partial charge on any atom is 0.216 e. The molecule has 0 amide bonds. The van der Waals surface area contributed by atoms with Gasteiger partial charge in [0.25, 0.3) is 0 Å². The van der Waals surface area contributed by atoms with Crippen LogP contribution in [0.2, 0.25) is 0 Å². The molecular formula is C26H21FNO+. The van der Waals surface area contributed by atoms with Crippen molar-refractivity contribution in [2.24, 2.45) is 7.05 Å². The van der Waals surface area contributed by atoms with E-state index in [1.54, 1.807) is 6.07 Å². The van der Waals surface area contributed by atoms with Gasteiger partial charge in [-0.2, -0.15) is 0 Å². The minimum absolute atomic E-state index is 0.289. The summed E-state index contributed by atoms with van der Waals surface area (Å²) in [4.78, 5) is 0. The highest BCUT2D eigenvalue weighted by atomic mass is 19.1. The SMILES string of the molecule is Cc1ccccc1-c1ccc(-c2c(C)ccc3c2oc2cc(F)ccc23)[n+](C)c1. The topological polar surface area (TPSA) is 17.0 Å². The average Bonchev–Trinajstić information content (AvgIpc) is 3.06. The third kappa shape index (κ3) is 2.82. The van der Waals surface area contributed by atoms with Gasteiger partial charge in [-0.05, 0) is 48.7 Å². The van der Waals surface area contributed by atoms with Crippen LogP contribution in [0.5, 0.6) is 0 Å². The van der Waals surface area contributed by atoms with Gasteiger partial charge >= 0.3 is 0 Å². The Hall–Kier alpha value is -3.46. The van der Waals surface area contributed by atoms with E-state index in [2.05, 4.69) is 80.2 Å². The summed E-state index contributed by atoms with van der Waals surface area (Å²) in [6.45, 7) is 4.21. The Kier molecular flexibility index (Phi) is 3.99. The number of pyridine rings is 1. The van der Waals surface area contributed by atoms with Gasteiger partial charge in [0.15, 0.2) is 6.20 Å². The van der Waals surface area contributed by atoms with Crippen LogP contribution in [0, 0.1) is 19.7 Å². The first-order valence-electron chi connectivity index (χ1n) is 9.70. The molecule has 2 nitrogen and oxygen atoms in total. The molecule has 5 rings (SSSR count). The molecule has 0 radical (unpaired) electrons. The maximum atomic E-state index is 13.7. The fourth-order valence-electron chi connectivity index (χ4n) is 4.15. The minimum atomic E-state index is -0.289. The summed E-state index contributed by atoms with van der Waals surface area (Å²) in [5, 5.41) is 1.94. The molecule has 2 aromatic heterocycles. The Balaban J connectivity index is 1.74. The summed E-state index contributed by atoms with van der Waals surface area (Å²) in [6, 6.07) is 21.6. The van der Waals surface area contributed by atoms with Crippen molar-refractivity contribution in [3.05, 3.63) is 89.9 Å². The summed E-state index contributed by atoms with van der Waals surface area (Å²) >= 11 is 0. The van der Waals surface area contributed by atoms with Crippen LogP contribution in [0.1, 0.15) is 11.1 Å². The molecule has 0 aliphatic heterocycles. The van der Waals surface area contributed by atoms with E-state index in [-0.39, 0.29) is 5.82 Å². The fourth-order valence-corrected chi connectivity index (χ4v) is 4.15. The maximum absolute atomic E-state index is 13.7. The van der Waals surface area contributed by atoms with Gasteiger partial charge in [-0.3, -0.25) is 0 Å². The molecule has 0 N–H and O–H groups in total. The lowest BCUT2D eigenvalue weighted by atomic mass is 9.98. The van der Waals surface area contributed by atoms with Gasteiger partial charge < -0.3 is 4.42 Å². The molecular weight excluding hydrogens is 361 g/mol. The van der Waals surface area contributed by atoms with Crippen LogP contribution < -0.4 is 4.57 Å². The van der Waals surface area contributed by atoms with Crippen molar-refractivity contribution in [2.75, 3.05) is 0 Å². The number of benzene rings is 3. The lowest BCUT2D eigenvalue weighted by Crippen LogP contribution is -2.31. The predicted octanol–water partition coefficient (Wildman–Crippen LogP) is 6.50. The van der Waals surface area contributed by atoms with Crippen LogP contribution in [-0.2, 0) is 7.05 Å². The molecule has 142 valence electrons. The molecule has 0 aliphatic rings. The summed E-state index contributed by atoms with van der Waals surface area (Å²) in [7, 11) is 2.05. The van der Waals surface area contributed by atoms with Crippen molar-refractivity contribution in [3.63, 3.8) is 0 Å². The van der Waals surface area contributed by atoms with Crippen LogP contribution >= 0.6 is 0 Å². The lowest BCUT2D eigenvalue weighted by Gasteiger charge is -2.08. The van der Waals surface area contributed by atoms with Gasteiger partial charge in [0.2, 0.25) is 5.69 Å². The largest absolute Gasteiger partial charge is 0.455 e. The Labute approximate surface area is 168 Å². The monoisotopic (exact) mass is 382 g/mol. The van der Waals surface area contributed by atoms with Crippen molar-refractivity contribution >= 4 is 21.9 Å². The number of rotatable bonds is 2. The van der Waals surface area contributed by atoms with E-state index in [0.717, 1.165) is 33.2 Å². The van der Waals surface area contributed by atoms with E-state index in [4.69, 9.17) is 4.42 Å². The third-order valence-electron chi connectivity index (χ3n) is 5.66. The number of hydrogen-bond acceptors (Lipinski definition) is 1. The van der Waals surface area contributed by atoms with Gasteiger partial charge in [-0.25, -0.2) is 8.96 Å². The molecule has 2 heterocycles. The molecule has 3 aromatic carbocycles. The van der Waals surface area contributed by atoms with Gasteiger partial charge in [-0.1, -0.05) is 36.4 Å². The zero-order chi connectivity index (χ0) is 20.1. The standard InChI is InChI=1S/C26H21FNO/c1-16-6-4-5-7-20(16)18-9-13-23(28(3)15-18)25-17(2)8-11-22-21-12-10-19(27)14-24(21)29-26(22)25/h4-15H,1-3H3/q+1. The zero-order valence-electron chi connectivity index (χ0n) is 16.7. The molecule has 5 aromatic rings. The average molecular weight is 382 g/mol. The van der Waals surface area contributed by atoms with E-state index in [9.17, 15) is 4.39 Å². The number of aromatic nitrogens is 1. The summed E-state index contributed by atoms with van der Waals surface area (Å²) in [5.41, 5.74) is 8.24. The van der Waals surface area contributed by atoms with Crippen LogP contribution in [0.4, 0.5) is 4.39 Å². The predicted molar refractivity (Wildman–Crippen MR) is 115 cm³/mol. The molecule has 0 atom stereocenters. The quantitative estimate of drug-likeness (QED) is 0.319.